The summed E-state index contributed by atoms with van der Waals surface area (Å²) in [6.07, 6.45) is 7.95. The average molecular weight is 547 g/mol. The molecule has 39 heavy (non-hydrogen) atoms. The Morgan fingerprint density at radius 2 is 1.95 bits per heavy atom. The molecule has 0 spiro atoms. The molecule has 1 amide bonds. The van der Waals surface area contributed by atoms with E-state index >= 15 is 0 Å². The second-order valence-electron chi connectivity index (χ2n) is 11.2. The zero-order chi connectivity index (χ0) is 27.2. The van der Waals surface area contributed by atoms with Crippen molar-refractivity contribution in [2.45, 2.75) is 40.2 Å². The minimum atomic E-state index is -0.206. The lowest BCUT2D eigenvalue weighted by Gasteiger charge is -2.18. The van der Waals surface area contributed by atoms with E-state index in [1.54, 1.807) is 6.20 Å². The highest BCUT2D eigenvalue weighted by atomic mass is 35.5. The smallest absolute Gasteiger partial charge is 0.252 e. The Morgan fingerprint density at radius 1 is 1.18 bits per heavy atom. The first kappa shape index (κ1) is 28.1. The van der Waals surface area contributed by atoms with Gasteiger partial charge in [0, 0.05) is 35.3 Å². The summed E-state index contributed by atoms with van der Waals surface area (Å²) < 4.78 is 7.35. The summed E-state index contributed by atoms with van der Waals surface area (Å²) >= 11 is 0. The van der Waals surface area contributed by atoms with Crippen LogP contribution in [0.5, 0.6) is 0 Å². The molecule has 4 aromatic rings. The molecule has 0 saturated carbocycles. The van der Waals surface area contributed by atoms with E-state index in [2.05, 4.69) is 57.8 Å². The van der Waals surface area contributed by atoms with Crippen molar-refractivity contribution in [2.24, 2.45) is 5.41 Å². The highest BCUT2D eigenvalue weighted by Crippen LogP contribution is 2.41. The molecule has 8 nitrogen and oxygen atoms in total. The molecule has 1 atom stereocenters. The van der Waals surface area contributed by atoms with Gasteiger partial charge in [0.25, 0.3) is 5.91 Å². The van der Waals surface area contributed by atoms with Gasteiger partial charge < -0.3 is 25.0 Å². The number of nitrogen functional groups attached to an aromatic ring is 1. The predicted molar refractivity (Wildman–Crippen MR) is 158 cm³/mol. The van der Waals surface area contributed by atoms with Gasteiger partial charge in [0.2, 0.25) is 0 Å². The van der Waals surface area contributed by atoms with E-state index in [0.29, 0.717) is 17.0 Å². The molecule has 0 aliphatic heterocycles. The van der Waals surface area contributed by atoms with Crippen LogP contribution in [0.4, 0.5) is 11.5 Å². The van der Waals surface area contributed by atoms with E-state index in [0.717, 1.165) is 45.8 Å². The van der Waals surface area contributed by atoms with Crippen LogP contribution in [0.3, 0.4) is 0 Å². The molecule has 0 radical (unpaired) electrons. The molecule has 0 saturated heterocycles. The summed E-state index contributed by atoms with van der Waals surface area (Å²) in [6, 6.07) is 11.8. The van der Waals surface area contributed by atoms with Crippen LogP contribution in [0, 0.1) is 12.3 Å². The van der Waals surface area contributed by atoms with Gasteiger partial charge in [-0.1, -0.05) is 38.1 Å². The standard InChI is InChI=1S/C30H34N6O2.ClH/c1-18-13-21(36-12-11-32-27(36)17-35(5)6)8-9-25(18)33-29(37)23-16-20(30(2,3)4)15-22(23)19-7-10-26-24(14-19)28(31)34-38-26;/h7-16,22H,17H2,1-6H3,(H2,31,34)(H,33,37);1H. The number of carbonyl (C=O) groups excluding carboxylic acids is 1. The number of nitrogens with zero attached hydrogens (tertiary/aromatic N) is 4. The fraction of sp³-hybridized carbons (Fsp3) is 0.300. The van der Waals surface area contributed by atoms with E-state index in [1.165, 1.54) is 0 Å². The van der Waals surface area contributed by atoms with Crippen LogP contribution in [-0.4, -0.2) is 39.6 Å². The summed E-state index contributed by atoms with van der Waals surface area (Å²) in [5.74, 6) is 0.964. The van der Waals surface area contributed by atoms with Crippen molar-refractivity contribution < 1.29 is 9.32 Å². The second kappa shape index (κ2) is 10.7. The number of rotatable bonds is 6. The number of hydrogen-bond donors (Lipinski definition) is 2. The largest absolute Gasteiger partial charge is 0.380 e. The number of anilines is 2. The van der Waals surface area contributed by atoms with Crippen molar-refractivity contribution in [1.82, 2.24) is 19.6 Å². The van der Waals surface area contributed by atoms with Gasteiger partial charge in [0.15, 0.2) is 11.4 Å². The maximum Gasteiger partial charge on any atom is 0.252 e. The highest BCUT2D eigenvalue weighted by Gasteiger charge is 2.31. The minimum absolute atomic E-state index is 0. The average Bonchev–Trinajstić information content (AvgIpc) is 3.58. The van der Waals surface area contributed by atoms with Gasteiger partial charge in [-0.25, -0.2) is 4.98 Å². The zero-order valence-corrected chi connectivity index (χ0v) is 24.0. The van der Waals surface area contributed by atoms with Crippen molar-refractivity contribution >= 4 is 40.8 Å². The number of benzene rings is 2. The molecule has 5 rings (SSSR count). The molecule has 0 bridgehead atoms. The predicted octanol–water partition coefficient (Wildman–Crippen LogP) is 6.02. The van der Waals surface area contributed by atoms with Crippen LogP contribution in [0.2, 0.25) is 0 Å². The number of imidazole rings is 1. The van der Waals surface area contributed by atoms with E-state index in [1.807, 2.05) is 63.6 Å². The van der Waals surface area contributed by atoms with Gasteiger partial charge in [0.1, 0.15) is 5.82 Å². The molecule has 1 aliphatic rings. The van der Waals surface area contributed by atoms with Crippen LogP contribution in [0.25, 0.3) is 16.7 Å². The van der Waals surface area contributed by atoms with Gasteiger partial charge in [-0.15, -0.1) is 12.4 Å². The molecule has 9 heteroatoms. The van der Waals surface area contributed by atoms with Crippen molar-refractivity contribution in [1.29, 1.82) is 0 Å². The quantitative estimate of drug-likeness (QED) is 0.306. The number of halogens is 1. The normalized spacial score (nSPS) is 15.3. The maximum atomic E-state index is 13.7. The topological polar surface area (TPSA) is 102 Å². The number of amides is 1. The molecule has 2 heterocycles. The first-order valence-electron chi connectivity index (χ1n) is 12.7. The molecule has 3 N–H and O–H groups in total. The summed E-state index contributed by atoms with van der Waals surface area (Å²) in [4.78, 5) is 20.3. The first-order chi connectivity index (χ1) is 18.0. The Kier molecular flexibility index (Phi) is 7.73. The SMILES string of the molecule is Cc1cc(-n2ccnc2CN(C)C)ccc1NC(=O)C1=CC(C(C)(C)C)=CC1c1ccc2onc(N)c2c1.Cl. The molecular weight excluding hydrogens is 512 g/mol. The Bertz CT molecular complexity index is 1590. The van der Waals surface area contributed by atoms with E-state index in [-0.39, 0.29) is 29.6 Å². The summed E-state index contributed by atoms with van der Waals surface area (Å²) in [5.41, 5.74) is 12.1. The van der Waals surface area contributed by atoms with Crippen molar-refractivity contribution in [3.8, 4) is 5.69 Å². The number of nitrogens with one attached hydrogen (secondary N) is 1. The molecule has 2 aromatic carbocycles. The van der Waals surface area contributed by atoms with Gasteiger partial charge in [-0.3, -0.25) is 4.79 Å². The van der Waals surface area contributed by atoms with Crippen molar-refractivity contribution in [3.63, 3.8) is 0 Å². The van der Waals surface area contributed by atoms with Gasteiger partial charge in [0.05, 0.1) is 11.9 Å². The van der Waals surface area contributed by atoms with Crippen LogP contribution in [0.15, 0.2) is 76.6 Å². The summed E-state index contributed by atoms with van der Waals surface area (Å²) in [6.45, 7) is 9.19. The molecule has 0 fully saturated rings. The van der Waals surface area contributed by atoms with E-state index in [4.69, 9.17) is 10.3 Å². The minimum Gasteiger partial charge on any atom is -0.380 e. The Balaban J connectivity index is 0.00000353. The van der Waals surface area contributed by atoms with Crippen LogP contribution < -0.4 is 11.1 Å². The summed E-state index contributed by atoms with van der Waals surface area (Å²) in [5, 5.41) is 7.77. The Labute approximate surface area is 235 Å². The molecule has 2 aromatic heterocycles. The third-order valence-corrected chi connectivity index (χ3v) is 6.91. The molecule has 1 unspecified atom stereocenters. The highest BCUT2D eigenvalue weighted by molar-refractivity contribution is 6.06. The molecule has 1 aliphatic carbocycles. The lowest BCUT2D eigenvalue weighted by Crippen LogP contribution is -2.18. The first-order valence-corrected chi connectivity index (χ1v) is 12.7. The fourth-order valence-corrected chi connectivity index (χ4v) is 4.79. The fourth-order valence-electron chi connectivity index (χ4n) is 4.79. The zero-order valence-electron chi connectivity index (χ0n) is 23.1. The van der Waals surface area contributed by atoms with Crippen LogP contribution >= 0.6 is 12.4 Å². The number of aryl methyl sites for hydroxylation is 1. The van der Waals surface area contributed by atoms with Crippen molar-refractivity contribution in [3.05, 3.63) is 89.0 Å². The monoisotopic (exact) mass is 546 g/mol. The van der Waals surface area contributed by atoms with E-state index < -0.39 is 0 Å². The number of nitrogens with two attached hydrogens (primary N) is 1. The second-order valence-corrected chi connectivity index (χ2v) is 11.2. The van der Waals surface area contributed by atoms with Gasteiger partial charge in [-0.2, -0.15) is 0 Å². The van der Waals surface area contributed by atoms with E-state index in [9.17, 15) is 4.79 Å². The number of aromatic nitrogens is 3. The lowest BCUT2D eigenvalue weighted by atomic mass is 9.86. The molecule has 204 valence electrons. The van der Waals surface area contributed by atoms with Crippen molar-refractivity contribution in [2.75, 3.05) is 25.1 Å². The number of fused-ring (bicyclic) bond motifs is 1. The van der Waals surface area contributed by atoms with Crippen LogP contribution in [0.1, 0.15) is 43.6 Å². The number of allylic oxidation sites excluding steroid dienone is 3. The lowest BCUT2D eigenvalue weighted by molar-refractivity contribution is -0.113. The molecular formula is C30H35ClN6O2. The number of carbonyl (C=O) groups is 1. The van der Waals surface area contributed by atoms with Gasteiger partial charge in [-0.05, 0) is 79.5 Å². The van der Waals surface area contributed by atoms with Gasteiger partial charge >= 0.3 is 0 Å². The Morgan fingerprint density at radius 3 is 2.64 bits per heavy atom. The summed E-state index contributed by atoms with van der Waals surface area (Å²) in [7, 11) is 4.04. The maximum absolute atomic E-state index is 13.7. The number of hydrogen-bond acceptors (Lipinski definition) is 6. The third kappa shape index (κ3) is 5.62. The Hall–Kier alpha value is -3.88. The third-order valence-electron chi connectivity index (χ3n) is 6.91. The van der Waals surface area contributed by atoms with Crippen LogP contribution in [-0.2, 0) is 11.3 Å².